The number of hydrogen-bond donors (Lipinski definition) is 1. The molecular weight excluding hydrogens is 334 g/mol. The molecule has 128 valence electrons. The molecule has 4 rings (SSSR count). The van der Waals surface area contributed by atoms with Crippen LogP contribution in [-0.2, 0) is 0 Å². The zero-order chi connectivity index (χ0) is 17.6. The van der Waals surface area contributed by atoms with E-state index in [2.05, 4.69) is 31.5 Å². The lowest BCUT2D eigenvalue weighted by atomic mass is 10.1. The van der Waals surface area contributed by atoms with E-state index in [0.717, 1.165) is 45.9 Å². The summed E-state index contributed by atoms with van der Waals surface area (Å²) in [6.45, 7) is 7.53. The number of fused-ring (bicyclic) bond motifs is 1. The SMILES string of the molecule is Cc1ccc(N2CC(NC(=O)c3cc4c(C)c(C)nnc4s3)C2)cn1. The summed E-state index contributed by atoms with van der Waals surface area (Å²) >= 11 is 1.39. The van der Waals surface area contributed by atoms with Gasteiger partial charge in [0.15, 0.2) is 0 Å². The van der Waals surface area contributed by atoms with Gasteiger partial charge in [0.2, 0.25) is 0 Å². The van der Waals surface area contributed by atoms with E-state index in [1.807, 2.05) is 39.1 Å². The van der Waals surface area contributed by atoms with Crippen molar-refractivity contribution in [1.29, 1.82) is 0 Å². The third kappa shape index (κ3) is 2.95. The Kier molecular flexibility index (Phi) is 3.88. The first-order valence-corrected chi connectivity index (χ1v) is 9.05. The summed E-state index contributed by atoms with van der Waals surface area (Å²) in [5.41, 5.74) is 4.09. The van der Waals surface area contributed by atoms with Gasteiger partial charge in [-0.3, -0.25) is 9.78 Å². The van der Waals surface area contributed by atoms with E-state index in [0.29, 0.717) is 4.88 Å². The van der Waals surface area contributed by atoms with Crippen molar-refractivity contribution < 1.29 is 4.79 Å². The largest absolute Gasteiger partial charge is 0.366 e. The van der Waals surface area contributed by atoms with Gasteiger partial charge in [-0.2, -0.15) is 5.10 Å². The van der Waals surface area contributed by atoms with E-state index < -0.39 is 0 Å². The Hall–Kier alpha value is -2.54. The van der Waals surface area contributed by atoms with Crippen molar-refractivity contribution in [3.05, 3.63) is 46.2 Å². The highest BCUT2D eigenvalue weighted by atomic mass is 32.1. The molecule has 3 aromatic heterocycles. The van der Waals surface area contributed by atoms with Gasteiger partial charge in [-0.1, -0.05) is 0 Å². The molecule has 0 unspecified atom stereocenters. The number of nitrogens with one attached hydrogen (secondary N) is 1. The second-order valence-corrected chi connectivity index (χ2v) is 7.50. The maximum Gasteiger partial charge on any atom is 0.261 e. The van der Waals surface area contributed by atoms with Crippen molar-refractivity contribution in [1.82, 2.24) is 20.5 Å². The Morgan fingerprint density at radius 2 is 2.04 bits per heavy atom. The lowest BCUT2D eigenvalue weighted by molar-refractivity contribution is 0.0934. The molecule has 1 amide bonds. The molecule has 25 heavy (non-hydrogen) atoms. The normalized spacial score (nSPS) is 14.6. The first-order valence-electron chi connectivity index (χ1n) is 8.23. The molecule has 1 saturated heterocycles. The Bertz CT molecular complexity index is 944. The molecule has 0 atom stereocenters. The second kappa shape index (κ2) is 6.07. The number of carbonyl (C=O) groups excluding carboxylic acids is 1. The van der Waals surface area contributed by atoms with Crippen molar-refractivity contribution in [2.75, 3.05) is 18.0 Å². The summed E-state index contributed by atoms with van der Waals surface area (Å²) < 4.78 is 0. The first-order chi connectivity index (χ1) is 12.0. The smallest absolute Gasteiger partial charge is 0.261 e. The maximum absolute atomic E-state index is 12.5. The fourth-order valence-electron chi connectivity index (χ4n) is 2.91. The van der Waals surface area contributed by atoms with Crippen molar-refractivity contribution in [3.63, 3.8) is 0 Å². The van der Waals surface area contributed by atoms with E-state index in [9.17, 15) is 4.79 Å². The summed E-state index contributed by atoms with van der Waals surface area (Å²) in [4.78, 5) is 20.5. The molecule has 0 bridgehead atoms. The van der Waals surface area contributed by atoms with Crippen molar-refractivity contribution >= 4 is 33.1 Å². The van der Waals surface area contributed by atoms with Gasteiger partial charge in [0, 0.05) is 24.2 Å². The van der Waals surface area contributed by atoms with Crippen LogP contribution in [0.15, 0.2) is 24.4 Å². The van der Waals surface area contributed by atoms with Crippen molar-refractivity contribution in [3.8, 4) is 0 Å². The van der Waals surface area contributed by atoms with Crippen LogP contribution < -0.4 is 10.2 Å². The van der Waals surface area contributed by atoms with Gasteiger partial charge in [-0.05, 0) is 44.5 Å². The van der Waals surface area contributed by atoms with Crippen molar-refractivity contribution in [2.24, 2.45) is 0 Å². The summed E-state index contributed by atoms with van der Waals surface area (Å²) in [5, 5.41) is 12.4. The molecule has 4 heterocycles. The predicted molar refractivity (Wildman–Crippen MR) is 99.3 cm³/mol. The van der Waals surface area contributed by atoms with E-state index in [-0.39, 0.29) is 11.9 Å². The van der Waals surface area contributed by atoms with Crippen LogP contribution in [0.25, 0.3) is 10.2 Å². The highest BCUT2D eigenvalue weighted by Gasteiger charge is 2.29. The first kappa shape index (κ1) is 16.0. The molecule has 6 nitrogen and oxygen atoms in total. The number of amides is 1. The van der Waals surface area contributed by atoms with Crippen LogP contribution in [0.3, 0.4) is 0 Å². The van der Waals surface area contributed by atoms with E-state index >= 15 is 0 Å². The predicted octanol–water partition coefficient (Wildman–Crippen LogP) is 2.63. The highest BCUT2D eigenvalue weighted by molar-refractivity contribution is 7.20. The number of pyridine rings is 1. The van der Waals surface area contributed by atoms with Gasteiger partial charge in [0.25, 0.3) is 5.91 Å². The van der Waals surface area contributed by atoms with Gasteiger partial charge < -0.3 is 10.2 Å². The molecule has 0 saturated carbocycles. The Balaban J connectivity index is 1.42. The quantitative estimate of drug-likeness (QED) is 0.784. The van der Waals surface area contributed by atoms with Crippen LogP contribution in [0.5, 0.6) is 0 Å². The molecule has 0 radical (unpaired) electrons. The standard InChI is InChI=1S/C18H19N5OS/c1-10-4-5-14(7-19-10)23-8-13(9-23)20-17(24)16-6-15-11(2)12(3)21-22-18(15)25-16/h4-7,13H,8-9H2,1-3H3,(H,20,24). The van der Waals surface area contributed by atoms with Crippen LogP contribution in [0.4, 0.5) is 5.69 Å². The van der Waals surface area contributed by atoms with Gasteiger partial charge in [-0.25, -0.2) is 0 Å². The van der Waals surface area contributed by atoms with Gasteiger partial charge >= 0.3 is 0 Å². The van der Waals surface area contributed by atoms with Crippen LogP contribution in [-0.4, -0.2) is 40.2 Å². The minimum Gasteiger partial charge on any atom is -0.366 e. The van der Waals surface area contributed by atoms with Crippen LogP contribution >= 0.6 is 11.3 Å². The molecule has 3 aromatic rings. The summed E-state index contributed by atoms with van der Waals surface area (Å²) in [6, 6.07) is 6.15. The number of nitrogens with zero attached hydrogens (tertiary/aromatic N) is 4. The lowest BCUT2D eigenvalue weighted by Crippen LogP contribution is -2.59. The topological polar surface area (TPSA) is 71.0 Å². The highest BCUT2D eigenvalue weighted by Crippen LogP contribution is 2.27. The van der Waals surface area contributed by atoms with E-state index in [1.165, 1.54) is 11.3 Å². The minimum atomic E-state index is -0.0354. The zero-order valence-electron chi connectivity index (χ0n) is 14.4. The third-order valence-electron chi connectivity index (χ3n) is 4.65. The Labute approximate surface area is 149 Å². The number of thiophene rings is 1. The number of carbonyl (C=O) groups is 1. The van der Waals surface area contributed by atoms with Crippen molar-refractivity contribution in [2.45, 2.75) is 26.8 Å². The second-order valence-electron chi connectivity index (χ2n) is 6.47. The number of aryl methyl sites for hydroxylation is 3. The fraction of sp³-hybridized carbons (Fsp3) is 0.333. The van der Waals surface area contributed by atoms with Crippen LogP contribution in [0.1, 0.15) is 26.6 Å². The molecule has 0 aliphatic carbocycles. The van der Waals surface area contributed by atoms with Crippen LogP contribution in [0, 0.1) is 20.8 Å². The van der Waals surface area contributed by atoms with Gasteiger partial charge in [0.05, 0.1) is 28.5 Å². The molecule has 1 aliphatic heterocycles. The van der Waals surface area contributed by atoms with E-state index in [4.69, 9.17) is 0 Å². The average Bonchev–Trinajstić information content (AvgIpc) is 3.00. The van der Waals surface area contributed by atoms with Crippen LogP contribution in [0.2, 0.25) is 0 Å². The van der Waals surface area contributed by atoms with E-state index in [1.54, 1.807) is 0 Å². The molecule has 0 spiro atoms. The molecule has 7 heteroatoms. The fourth-order valence-corrected chi connectivity index (χ4v) is 3.85. The third-order valence-corrected chi connectivity index (χ3v) is 5.67. The minimum absolute atomic E-state index is 0.0354. The summed E-state index contributed by atoms with van der Waals surface area (Å²) in [6.07, 6.45) is 1.88. The Morgan fingerprint density at radius 3 is 2.76 bits per heavy atom. The number of rotatable bonds is 3. The summed E-state index contributed by atoms with van der Waals surface area (Å²) in [5.74, 6) is -0.0354. The molecule has 1 aliphatic rings. The van der Waals surface area contributed by atoms with Gasteiger partial charge in [-0.15, -0.1) is 16.4 Å². The Morgan fingerprint density at radius 1 is 1.24 bits per heavy atom. The number of aromatic nitrogens is 3. The molecular formula is C18H19N5OS. The number of hydrogen-bond acceptors (Lipinski definition) is 6. The van der Waals surface area contributed by atoms with Gasteiger partial charge in [0.1, 0.15) is 4.83 Å². The molecule has 1 N–H and O–H groups in total. The molecule has 1 fully saturated rings. The lowest BCUT2D eigenvalue weighted by Gasteiger charge is -2.41. The monoisotopic (exact) mass is 353 g/mol. The maximum atomic E-state index is 12.5. The number of anilines is 1. The molecule has 0 aromatic carbocycles. The average molecular weight is 353 g/mol. The summed E-state index contributed by atoms with van der Waals surface area (Å²) in [7, 11) is 0. The zero-order valence-corrected chi connectivity index (χ0v) is 15.2.